The Kier molecular flexibility index (Phi) is 9.17. The number of hydrogen-bond donors (Lipinski definition) is 0. The van der Waals surface area contributed by atoms with Gasteiger partial charge in [0.2, 0.25) is 0 Å². The third kappa shape index (κ3) is 6.67. The van der Waals surface area contributed by atoms with Crippen LogP contribution < -0.4 is 4.90 Å². The maximum Gasteiger partial charge on any atom is 0.143 e. The number of rotatable bonds is 8. The van der Waals surface area contributed by atoms with Crippen LogP contribution in [0.4, 0.5) is 17.1 Å². The molecule has 3 nitrogen and oxygen atoms in total. The number of aromatic nitrogens is 1. The molecule has 0 aliphatic rings. The van der Waals surface area contributed by atoms with E-state index in [1.54, 1.807) is 0 Å². The Hall–Kier alpha value is -8.92. The summed E-state index contributed by atoms with van der Waals surface area (Å²) in [6.45, 7) is 0. The lowest BCUT2D eigenvalue weighted by molar-refractivity contribution is 0.670. The molecule has 0 aliphatic heterocycles. The van der Waals surface area contributed by atoms with E-state index in [9.17, 15) is 0 Å². The summed E-state index contributed by atoms with van der Waals surface area (Å²) in [5.41, 5.74) is 18.0. The van der Waals surface area contributed by atoms with Crippen LogP contribution in [-0.2, 0) is 0 Å². The van der Waals surface area contributed by atoms with E-state index in [1.807, 2.05) is 12.1 Å². The van der Waals surface area contributed by atoms with Gasteiger partial charge >= 0.3 is 0 Å². The zero-order valence-corrected chi connectivity index (χ0v) is 36.6. The molecule has 13 aromatic rings. The molecule has 11 aromatic carbocycles. The minimum atomic E-state index is 0.913. The summed E-state index contributed by atoms with van der Waals surface area (Å²) in [6.07, 6.45) is 0. The Morgan fingerprint density at radius 3 is 1.46 bits per heavy atom. The highest BCUT2D eigenvalue weighted by Crippen LogP contribution is 2.42. The number of benzene rings is 11. The van der Waals surface area contributed by atoms with Crippen molar-refractivity contribution in [2.75, 3.05) is 4.90 Å². The van der Waals surface area contributed by atoms with Crippen molar-refractivity contribution >= 4 is 71.6 Å². The first-order chi connectivity index (χ1) is 33.2. The van der Waals surface area contributed by atoms with Gasteiger partial charge in [0.1, 0.15) is 11.2 Å². The molecule has 0 atom stereocenters. The Morgan fingerprint density at radius 2 is 0.791 bits per heavy atom. The summed E-state index contributed by atoms with van der Waals surface area (Å²) in [7, 11) is 0. The molecule has 13 rings (SSSR count). The van der Waals surface area contributed by atoms with E-state index < -0.39 is 0 Å². The van der Waals surface area contributed by atoms with Crippen molar-refractivity contribution in [1.82, 2.24) is 4.57 Å². The van der Waals surface area contributed by atoms with Crippen molar-refractivity contribution in [1.29, 1.82) is 0 Å². The Morgan fingerprint density at radius 1 is 0.313 bits per heavy atom. The topological polar surface area (TPSA) is 21.3 Å². The van der Waals surface area contributed by atoms with Crippen LogP contribution in [0, 0.1) is 0 Å². The maximum atomic E-state index is 6.39. The summed E-state index contributed by atoms with van der Waals surface area (Å²) in [5, 5.41) is 7.17. The predicted octanol–water partition coefficient (Wildman–Crippen LogP) is 18.0. The summed E-state index contributed by atoms with van der Waals surface area (Å²) in [6, 6.07) is 91.8. The minimum Gasteiger partial charge on any atom is -0.455 e. The Bertz CT molecular complexity index is 3940. The molecular formula is C64H42N2O. The van der Waals surface area contributed by atoms with E-state index in [2.05, 4.69) is 252 Å². The highest BCUT2D eigenvalue weighted by atomic mass is 16.3. The maximum absolute atomic E-state index is 6.39. The molecule has 0 saturated carbocycles. The molecule has 67 heavy (non-hydrogen) atoms. The molecule has 0 bridgehead atoms. The number of furan rings is 1. The summed E-state index contributed by atoms with van der Waals surface area (Å²) >= 11 is 0. The van der Waals surface area contributed by atoms with Crippen molar-refractivity contribution in [3.05, 3.63) is 255 Å². The van der Waals surface area contributed by atoms with Gasteiger partial charge < -0.3 is 13.9 Å². The minimum absolute atomic E-state index is 0.913. The normalized spacial score (nSPS) is 11.6. The summed E-state index contributed by atoms with van der Waals surface area (Å²) in [5.74, 6) is 0. The van der Waals surface area contributed by atoms with Crippen LogP contribution in [0.25, 0.3) is 105 Å². The molecule has 0 aliphatic carbocycles. The lowest BCUT2D eigenvalue weighted by atomic mass is 9.97. The zero-order valence-electron chi connectivity index (χ0n) is 36.6. The molecular weight excluding hydrogens is 813 g/mol. The molecule has 0 fully saturated rings. The van der Waals surface area contributed by atoms with Crippen molar-refractivity contribution < 1.29 is 4.42 Å². The fourth-order valence-corrected chi connectivity index (χ4v) is 10.1. The van der Waals surface area contributed by atoms with Gasteiger partial charge in [0.15, 0.2) is 0 Å². The van der Waals surface area contributed by atoms with Crippen LogP contribution in [0.2, 0.25) is 0 Å². The number of nitrogens with zero attached hydrogens (tertiary/aromatic N) is 2. The number of fused-ring (bicyclic) bond motifs is 7. The Labute approximate surface area is 388 Å². The van der Waals surface area contributed by atoms with Crippen LogP contribution >= 0.6 is 0 Å². The summed E-state index contributed by atoms with van der Waals surface area (Å²) < 4.78 is 8.78. The van der Waals surface area contributed by atoms with Crippen LogP contribution in [0.1, 0.15) is 0 Å². The SMILES string of the molecule is c1ccc(N(c2ccc(-c3ccc(-c4ccc5c(c4)c4cc(-c6ccc(-c7cccc8c7oc7ccccc78)cc6)ccc4n5-c4ccccc4)cc3)cc2)c2cccc3ccccc23)cc1. The van der Waals surface area contributed by atoms with Crippen LogP contribution in [0.3, 0.4) is 0 Å². The smallest absolute Gasteiger partial charge is 0.143 e. The number of anilines is 3. The number of hydrogen-bond acceptors (Lipinski definition) is 2. The average molecular weight is 855 g/mol. The second kappa shape index (κ2) is 16.0. The quantitative estimate of drug-likeness (QED) is 0.152. The molecule has 0 radical (unpaired) electrons. The molecule has 314 valence electrons. The van der Waals surface area contributed by atoms with Gasteiger partial charge in [-0.2, -0.15) is 0 Å². The van der Waals surface area contributed by atoms with Gasteiger partial charge in [-0.25, -0.2) is 0 Å². The largest absolute Gasteiger partial charge is 0.455 e. The average Bonchev–Trinajstić information content (AvgIpc) is 3.95. The van der Waals surface area contributed by atoms with Crippen molar-refractivity contribution in [2.45, 2.75) is 0 Å². The van der Waals surface area contributed by atoms with Gasteiger partial charge in [0, 0.05) is 49.6 Å². The lowest BCUT2D eigenvalue weighted by Gasteiger charge is -2.27. The van der Waals surface area contributed by atoms with E-state index in [0.29, 0.717) is 0 Å². The van der Waals surface area contributed by atoms with E-state index >= 15 is 0 Å². The molecule has 0 unspecified atom stereocenters. The standard InChI is InChI=1S/C64H42N2O/c1-3-15-51(16-4-1)65(60-23-11-14-47-13-7-8-19-54(47)60)53-37-33-44(34-38-53)43-25-27-45(28-26-43)49-35-39-61-58(41-49)59-42-50(36-40-62(59)66(61)52-17-5-2-6-18-52)46-29-31-48(32-30-46)55-21-12-22-57-56-20-9-10-24-63(56)67-64(55)57/h1-42H. The van der Waals surface area contributed by atoms with Gasteiger partial charge in [0.05, 0.1) is 16.7 Å². The van der Waals surface area contributed by atoms with E-state index in [-0.39, 0.29) is 0 Å². The van der Waals surface area contributed by atoms with Gasteiger partial charge in [0.25, 0.3) is 0 Å². The highest BCUT2D eigenvalue weighted by molar-refractivity contribution is 6.12. The number of para-hydroxylation sites is 4. The van der Waals surface area contributed by atoms with Gasteiger partial charge in [-0.1, -0.05) is 182 Å². The first-order valence-electron chi connectivity index (χ1n) is 22.9. The highest BCUT2D eigenvalue weighted by Gasteiger charge is 2.18. The van der Waals surface area contributed by atoms with Crippen LogP contribution in [-0.4, -0.2) is 4.57 Å². The van der Waals surface area contributed by atoms with Gasteiger partial charge in [-0.3, -0.25) is 0 Å². The van der Waals surface area contributed by atoms with Gasteiger partial charge in [-0.05, 0) is 117 Å². The van der Waals surface area contributed by atoms with Crippen molar-refractivity contribution in [3.8, 4) is 50.2 Å². The molecule has 0 saturated heterocycles. The van der Waals surface area contributed by atoms with E-state index in [4.69, 9.17) is 4.42 Å². The first kappa shape index (κ1) is 38.5. The van der Waals surface area contributed by atoms with E-state index in [0.717, 1.165) is 55.8 Å². The predicted molar refractivity (Wildman–Crippen MR) is 282 cm³/mol. The first-order valence-corrected chi connectivity index (χ1v) is 22.9. The molecule has 2 heterocycles. The lowest BCUT2D eigenvalue weighted by Crippen LogP contribution is -2.10. The van der Waals surface area contributed by atoms with Crippen molar-refractivity contribution in [2.24, 2.45) is 0 Å². The van der Waals surface area contributed by atoms with Crippen molar-refractivity contribution in [3.63, 3.8) is 0 Å². The second-order valence-corrected chi connectivity index (χ2v) is 17.3. The monoisotopic (exact) mass is 854 g/mol. The fourth-order valence-electron chi connectivity index (χ4n) is 10.1. The molecule has 0 N–H and O–H groups in total. The molecule has 3 heteroatoms. The van der Waals surface area contributed by atoms with Crippen LogP contribution in [0.5, 0.6) is 0 Å². The molecule has 2 aromatic heterocycles. The van der Waals surface area contributed by atoms with Gasteiger partial charge in [-0.15, -0.1) is 0 Å². The van der Waals surface area contributed by atoms with Crippen LogP contribution in [0.15, 0.2) is 259 Å². The third-order valence-corrected chi connectivity index (χ3v) is 13.4. The Balaban J connectivity index is 0.839. The fraction of sp³-hybridized carbons (Fsp3) is 0. The second-order valence-electron chi connectivity index (χ2n) is 17.3. The molecule has 0 spiro atoms. The summed E-state index contributed by atoms with van der Waals surface area (Å²) in [4.78, 5) is 2.35. The van der Waals surface area contributed by atoms with E-state index in [1.165, 1.54) is 66.0 Å². The zero-order chi connectivity index (χ0) is 44.3. The third-order valence-electron chi connectivity index (χ3n) is 13.4. The molecule has 0 amide bonds.